The molecule has 1 aliphatic carbocycles. The zero-order valence-corrected chi connectivity index (χ0v) is 19.8. The number of benzene rings is 3. The van der Waals surface area contributed by atoms with Crippen molar-refractivity contribution >= 4 is 35.0 Å². The Morgan fingerprint density at radius 1 is 1.00 bits per heavy atom. The van der Waals surface area contributed by atoms with Gasteiger partial charge in [-0.2, -0.15) is 0 Å². The normalized spacial score (nSPS) is 15.3. The van der Waals surface area contributed by atoms with Crippen LogP contribution >= 0.6 is 11.8 Å². The first-order valence-corrected chi connectivity index (χ1v) is 12.3. The summed E-state index contributed by atoms with van der Waals surface area (Å²) >= 11 is 1.57. The number of anilines is 2. The number of methoxy groups -OCH3 is 1. The largest absolute Gasteiger partial charge is 0.497 e. The fourth-order valence-corrected chi connectivity index (χ4v) is 5.61. The van der Waals surface area contributed by atoms with Gasteiger partial charge in [0.15, 0.2) is 6.61 Å². The molecule has 0 atom stereocenters. The summed E-state index contributed by atoms with van der Waals surface area (Å²) in [6.07, 6.45) is 4.31. The average Bonchev–Trinajstić information content (AvgIpc) is 3.35. The molecular formula is C27H26N2O4S. The maximum absolute atomic E-state index is 13.5. The Morgan fingerprint density at radius 2 is 1.74 bits per heavy atom. The number of rotatable bonds is 6. The molecule has 2 aliphatic rings. The lowest BCUT2D eigenvalue weighted by Gasteiger charge is -2.29. The van der Waals surface area contributed by atoms with Crippen LogP contribution in [0, 0.1) is 0 Å². The van der Waals surface area contributed by atoms with Crippen molar-refractivity contribution in [1.82, 2.24) is 0 Å². The van der Waals surface area contributed by atoms with Gasteiger partial charge in [0.25, 0.3) is 11.8 Å². The van der Waals surface area contributed by atoms with Gasteiger partial charge in [-0.15, -0.1) is 0 Å². The molecule has 3 aromatic rings. The van der Waals surface area contributed by atoms with E-state index in [-0.39, 0.29) is 24.5 Å². The molecule has 1 aliphatic heterocycles. The van der Waals surface area contributed by atoms with E-state index in [1.165, 1.54) is 0 Å². The third kappa shape index (κ3) is 4.61. The third-order valence-corrected chi connectivity index (χ3v) is 7.30. The number of carbonyl (C=O) groups is 2. The highest BCUT2D eigenvalue weighted by molar-refractivity contribution is 7.99. The summed E-state index contributed by atoms with van der Waals surface area (Å²) in [7, 11) is 1.60. The molecule has 0 bridgehead atoms. The summed E-state index contributed by atoms with van der Waals surface area (Å²) in [6.45, 7) is -0.105. The third-order valence-electron chi connectivity index (χ3n) is 6.18. The predicted octanol–water partition coefficient (Wildman–Crippen LogP) is 5.77. The van der Waals surface area contributed by atoms with Gasteiger partial charge in [0.05, 0.1) is 18.4 Å². The van der Waals surface area contributed by atoms with Crippen LogP contribution in [0.4, 0.5) is 11.4 Å². The zero-order valence-electron chi connectivity index (χ0n) is 19.0. The number of carbonyl (C=O) groups excluding carboxylic acids is 2. The van der Waals surface area contributed by atoms with Crippen molar-refractivity contribution in [2.75, 3.05) is 23.9 Å². The van der Waals surface area contributed by atoms with E-state index >= 15 is 0 Å². The molecule has 0 unspecified atom stereocenters. The molecule has 174 valence electrons. The topological polar surface area (TPSA) is 67.9 Å². The van der Waals surface area contributed by atoms with Crippen LogP contribution < -0.4 is 19.7 Å². The lowest BCUT2D eigenvalue weighted by atomic mass is 10.1. The van der Waals surface area contributed by atoms with Crippen molar-refractivity contribution in [2.45, 2.75) is 41.5 Å². The summed E-state index contributed by atoms with van der Waals surface area (Å²) in [4.78, 5) is 29.9. The molecule has 0 radical (unpaired) electrons. The molecule has 3 aromatic carbocycles. The molecule has 1 N–H and O–H groups in total. The smallest absolute Gasteiger partial charge is 0.262 e. The minimum absolute atomic E-state index is 0.0541. The Morgan fingerprint density at radius 3 is 2.50 bits per heavy atom. The van der Waals surface area contributed by atoms with E-state index in [0.717, 1.165) is 52.5 Å². The number of nitrogens with zero attached hydrogens (tertiary/aromatic N) is 1. The molecule has 0 spiro atoms. The Labute approximate surface area is 203 Å². The van der Waals surface area contributed by atoms with Crippen molar-refractivity contribution in [3.63, 3.8) is 0 Å². The summed E-state index contributed by atoms with van der Waals surface area (Å²) in [6, 6.07) is 20.8. The van der Waals surface area contributed by atoms with Gasteiger partial charge in [-0.25, -0.2) is 0 Å². The Kier molecular flexibility index (Phi) is 6.45. The molecule has 0 saturated heterocycles. The second-order valence-electron chi connectivity index (χ2n) is 8.41. The lowest BCUT2D eigenvalue weighted by molar-refractivity contribution is -0.118. The number of fused-ring (bicyclic) bond motifs is 2. The van der Waals surface area contributed by atoms with E-state index in [4.69, 9.17) is 9.47 Å². The first kappa shape index (κ1) is 22.3. The molecule has 6 nitrogen and oxygen atoms in total. The van der Waals surface area contributed by atoms with Gasteiger partial charge in [0, 0.05) is 21.5 Å². The van der Waals surface area contributed by atoms with Gasteiger partial charge in [0.1, 0.15) is 11.5 Å². The maximum Gasteiger partial charge on any atom is 0.262 e. The summed E-state index contributed by atoms with van der Waals surface area (Å²) in [5.41, 5.74) is 2.31. The second kappa shape index (κ2) is 9.81. The zero-order chi connectivity index (χ0) is 23.5. The first-order valence-electron chi connectivity index (χ1n) is 11.4. The first-order chi connectivity index (χ1) is 16.6. The highest BCUT2D eigenvalue weighted by Crippen LogP contribution is 2.44. The van der Waals surface area contributed by atoms with Crippen LogP contribution in [0.25, 0.3) is 0 Å². The number of nitrogens with one attached hydrogen (secondary N) is 1. The quantitative estimate of drug-likeness (QED) is 0.491. The molecule has 2 amide bonds. The van der Waals surface area contributed by atoms with E-state index in [9.17, 15) is 9.59 Å². The summed E-state index contributed by atoms with van der Waals surface area (Å²) in [5, 5.41) is 2.92. The van der Waals surface area contributed by atoms with Crippen molar-refractivity contribution in [3.05, 3.63) is 72.3 Å². The summed E-state index contributed by atoms with van der Waals surface area (Å²) < 4.78 is 10.7. The molecule has 1 fully saturated rings. The van der Waals surface area contributed by atoms with Crippen LogP contribution in [-0.4, -0.2) is 31.6 Å². The van der Waals surface area contributed by atoms with Crippen molar-refractivity contribution in [3.8, 4) is 11.5 Å². The molecule has 34 heavy (non-hydrogen) atoms. The van der Waals surface area contributed by atoms with Crippen LogP contribution in [0.15, 0.2) is 76.5 Å². The van der Waals surface area contributed by atoms with Crippen molar-refractivity contribution < 1.29 is 19.1 Å². The van der Waals surface area contributed by atoms with Crippen LogP contribution in [-0.2, 0) is 4.79 Å². The predicted molar refractivity (Wildman–Crippen MR) is 133 cm³/mol. The molecule has 5 rings (SSSR count). The van der Waals surface area contributed by atoms with Gasteiger partial charge < -0.3 is 19.7 Å². The summed E-state index contributed by atoms with van der Waals surface area (Å²) in [5.74, 6) is 1.12. The highest BCUT2D eigenvalue weighted by Gasteiger charge is 2.34. The van der Waals surface area contributed by atoms with Crippen LogP contribution in [0.1, 0.15) is 36.0 Å². The molecular weight excluding hydrogens is 448 g/mol. The van der Waals surface area contributed by atoms with E-state index in [1.807, 2.05) is 47.4 Å². The minimum Gasteiger partial charge on any atom is -0.497 e. The fourth-order valence-electron chi connectivity index (χ4n) is 4.51. The molecule has 7 heteroatoms. The van der Waals surface area contributed by atoms with Crippen LogP contribution in [0.2, 0.25) is 0 Å². The molecule has 0 aromatic heterocycles. The van der Waals surface area contributed by atoms with E-state index in [1.54, 1.807) is 43.1 Å². The van der Waals surface area contributed by atoms with Gasteiger partial charge in [0.2, 0.25) is 0 Å². The number of ether oxygens (including phenoxy) is 2. The SMILES string of the molecule is COc1ccc(OCC(=O)Nc2ccc3c(c2)Sc2ccccc2C(=O)N3C2CCCC2)cc1. The van der Waals surface area contributed by atoms with E-state index < -0.39 is 0 Å². The van der Waals surface area contributed by atoms with Gasteiger partial charge in [-0.1, -0.05) is 36.7 Å². The van der Waals surface area contributed by atoms with Gasteiger partial charge >= 0.3 is 0 Å². The number of hydrogen-bond acceptors (Lipinski definition) is 5. The number of hydrogen-bond donors (Lipinski definition) is 1. The van der Waals surface area contributed by atoms with Crippen molar-refractivity contribution in [1.29, 1.82) is 0 Å². The van der Waals surface area contributed by atoms with E-state index in [0.29, 0.717) is 11.4 Å². The highest BCUT2D eigenvalue weighted by atomic mass is 32.2. The minimum atomic E-state index is -0.251. The monoisotopic (exact) mass is 474 g/mol. The van der Waals surface area contributed by atoms with Crippen LogP contribution in [0.5, 0.6) is 11.5 Å². The van der Waals surface area contributed by atoms with E-state index in [2.05, 4.69) is 5.32 Å². The molecule has 1 heterocycles. The number of amides is 2. The Hall–Kier alpha value is -3.45. The van der Waals surface area contributed by atoms with Gasteiger partial charge in [-0.3, -0.25) is 9.59 Å². The Balaban J connectivity index is 1.36. The second-order valence-corrected chi connectivity index (χ2v) is 9.49. The standard InChI is InChI=1S/C27H26N2O4S/c1-32-20-11-13-21(14-12-20)33-17-26(30)28-18-10-15-23-25(16-18)34-24-9-5-4-8-22(24)27(31)29(23)19-6-2-3-7-19/h4-5,8-16,19H,2-3,6-7,17H2,1H3,(H,28,30). The average molecular weight is 475 g/mol. The lowest BCUT2D eigenvalue weighted by Crippen LogP contribution is -2.39. The fraction of sp³-hybridized carbons (Fsp3) is 0.259. The van der Waals surface area contributed by atoms with Crippen molar-refractivity contribution in [2.24, 2.45) is 0 Å². The molecule has 1 saturated carbocycles. The van der Waals surface area contributed by atoms with Gasteiger partial charge in [-0.05, 0) is 67.4 Å². The maximum atomic E-state index is 13.5. The van der Waals surface area contributed by atoms with Crippen LogP contribution in [0.3, 0.4) is 0 Å². The Bertz CT molecular complexity index is 1210.